The maximum Gasteiger partial charge on any atom is 0.308 e. The van der Waals surface area contributed by atoms with Gasteiger partial charge in [-0.1, -0.05) is 32.9 Å². The minimum atomic E-state index is -0.205. The second-order valence-corrected chi connectivity index (χ2v) is 4.75. The molecule has 0 radical (unpaired) electrons. The number of benzene rings is 1. The first-order valence-electron chi connectivity index (χ1n) is 5.88. The Morgan fingerprint density at radius 2 is 2.00 bits per heavy atom. The van der Waals surface area contributed by atoms with Crippen LogP contribution in [0.3, 0.4) is 0 Å². The van der Waals surface area contributed by atoms with Crippen molar-refractivity contribution in [2.24, 2.45) is 5.92 Å². The van der Waals surface area contributed by atoms with Gasteiger partial charge in [-0.25, -0.2) is 0 Å². The summed E-state index contributed by atoms with van der Waals surface area (Å²) in [5, 5.41) is 9.80. The Balaban J connectivity index is 2.64. The van der Waals surface area contributed by atoms with E-state index in [1.807, 2.05) is 26.0 Å². The molecule has 1 aromatic rings. The first-order chi connectivity index (χ1) is 7.91. The molecule has 0 spiro atoms. The van der Waals surface area contributed by atoms with Gasteiger partial charge in [-0.2, -0.15) is 0 Å². The number of phenols is 1. The van der Waals surface area contributed by atoms with E-state index < -0.39 is 0 Å². The van der Waals surface area contributed by atoms with Crippen molar-refractivity contribution in [2.75, 3.05) is 6.61 Å². The Labute approximate surface area is 102 Å². The van der Waals surface area contributed by atoms with Gasteiger partial charge in [-0.05, 0) is 18.6 Å². The van der Waals surface area contributed by atoms with Gasteiger partial charge in [0.2, 0.25) is 0 Å². The maximum absolute atomic E-state index is 11.3. The van der Waals surface area contributed by atoms with Gasteiger partial charge < -0.3 is 9.84 Å². The second-order valence-electron chi connectivity index (χ2n) is 4.75. The molecule has 0 aliphatic heterocycles. The van der Waals surface area contributed by atoms with Crippen molar-refractivity contribution in [2.45, 2.75) is 33.6 Å². The van der Waals surface area contributed by atoms with E-state index >= 15 is 0 Å². The zero-order chi connectivity index (χ0) is 13.0. The number of carbonyl (C=O) groups is 1. The van der Waals surface area contributed by atoms with Gasteiger partial charge in [-0.15, -0.1) is 0 Å². The molecular formula is C14H20O3. The molecule has 0 aliphatic carbocycles. The van der Waals surface area contributed by atoms with Gasteiger partial charge in [0.1, 0.15) is 5.75 Å². The predicted octanol–water partition coefficient (Wildman–Crippen LogP) is 3.00. The molecular weight excluding hydrogens is 216 g/mol. The van der Waals surface area contributed by atoms with Gasteiger partial charge >= 0.3 is 5.97 Å². The number of ether oxygens (including phenoxy) is 1. The normalized spacial score (nSPS) is 12.5. The fourth-order valence-corrected chi connectivity index (χ4v) is 1.53. The number of aryl methyl sites for hydroxylation is 1. The third-order valence-electron chi connectivity index (χ3n) is 2.66. The van der Waals surface area contributed by atoms with Gasteiger partial charge in [0.05, 0.1) is 12.5 Å². The lowest BCUT2D eigenvalue weighted by Gasteiger charge is -2.15. The molecule has 1 aromatic carbocycles. The molecule has 0 bridgehead atoms. The molecule has 0 heterocycles. The highest BCUT2D eigenvalue weighted by atomic mass is 16.5. The molecule has 1 N–H and O–H groups in total. The van der Waals surface area contributed by atoms with E-state index in [2.05, 4.69) is 0 Å². The number of esters is 1. The summed E-state index contributed by atoms with van der Waals surface area (Å²) in [7, 11) is 0. The summed E-state index contributed by atoms with van der Waals surface area (Å²) in [4.78, 5) is 11.3. The summed E-state index contributed by atoms with van der Waals surface area (Å²) in [5.74, 6) is -0.0614. The first-order valence-corrected chi connectivity index (χ1v) is 5.88. The topological polar surface area (TPSA) is 46.5 Å². The SMILES string of the molecule is Cc1ccc(C(C)COC(=O)C(C)C)c(O)c1. The number of phenolic OH excluding ortho intramolecular Hbond substituents is 1. The van der Waals surface area contributed by atoms with Gasteiger partial charge in [-0.3, -0.25) is 4.79 Å². The molecule has 1 unspecified atom stereocenters. The van der Waals surface area contributed by atoms with Crippen LogP contribution in [0.15, 0.2) is 18.2 Å². The van der Waals surface area contributed by atoms with E-state index in [0.29, 0.717) is 6.61 Å². The molecule has 1 rings (SSSR count). The Bertz CT molecular complexity index is 396. The number of rotatable bonds is 4. The van der Waals surface area contributed by atoms with Crippen molar-refractivity contribution < 1.29 is 14.6 Å². The van der Waals surface area contributed by atoms with Gasteiger partial charge in [0, 0.05) is 11.5 Å². The fraction of sp³-hybridized carbons (Fsp3) is 0.500. The Hall–Kier alpha value is -1.51. The third kappa shape index (κ3) is 3.77. The van der Waals surface area contributed by atoms with Crippen LogP contribution in [0.4, 0.5) is 0 Å². The molecule has 3 heteroatoms. The molecule has 1 atom stereocenters. The monoisotopic (exact) mass is 236 g/mol. The van der Waals surface area contributed by atoms with Crippen molar-refractivity contribution in [3.05, 3.63) is 29.3 Å². The minimum Gasteiger partial charge on any atom is -0.508 e. The van der Waals surface area contributed by atoms with E-state index in [1.165, 1.54) is 0 Å². The second kappa shape index (κ2) is 5.71. The van der Waals surface area contributed by atoms with Gasteiger partial charge in [0.15, 0.2) is 0 Å². The summed E-state index contributed by atoms with van der Waals surface area (Å²) in [6.07, 6.45) is 0. The lowest BCUT2D eigenvalue weighted by Crippen LogP contribution is -2.15. The molecule has 3 nitrogen and oxygen atoms in total. The number of hydrogen-bond acceptors (Lipinski definition) is 3. The van der Waals surface area contributed by atoms with E-state index in [4.69, 9.17) is 4.74 Å². The lowest BCUT2D eigenvalue weighted by molar-refractivity contribution is -0.147. The third-order valence-corrected chi connectivity index (χ3v) is 2.66. The van der Waals surface area contributed by atoms with Crippen molar-refractivity contribution >= 4 is 5.97 Å². The number of aromatic hydroxyl groups is 1. The van der Waals surface area contributed by atoms with Crippen LogP contribution in [0.1, 0.15) is 37.8 Å². The smallest absolute Gasteiger partial charge is 0.308 e. The molecule has 0 fully saturated rings. The average molecular weight is 236 g/mol. The van der Waals surface area contributed by atoms with Crippen LogP contribution in [0.5, 0.6) is 5.75 Å². The highest BCUT2D eigenvalue weighted by molar-refractivity contribution is 5.71. The molecule has 0 saturated heterocycles. The van der Waals surface area contributed by atoms with Crippen molar-refractivity contribution in [1.82, 2.24) is 0 Å². The predicted molar refractivity (Wildman–Crippen MR) is 67.1 cm³/mol. The summed E-state index contributed by atoms with van der Waals surface area (Å²) in [6.45, 7) is 7.76. The lowest BCUT2D eigenvalue weighted by atomic mass is 9.99. The van der Waals surface area contributed by atoms with Gasteiger partial charge in [0.25, 0.3) is 0 Å². The molecule has 0 aliphatic rings. The first kappa shape index (κ1) is 13.6. The Morgan fingerprint density at radius 3 is 2.53 bits per heavy atom. The molecule has 0 aromatic heterocycles. The van der Waals surface area contributed by atoms with Crippen LogP contribution in [-0.4, -0.2) is 17.7 Å². The highest BCUT2D eigenvalue weighted by Gasteiger charge is 2.14. The van der Waals surface area contributed by atoms with E-state index in [1.54, 1.807) is 19.9 Å². The summed E-state index contributed by atoms with van der Waals surface area (Å²) < 4.78 is 5.15. The van der Waals surface area contributed by atoms with E-state index in [0.717, 1.165) is 11.1 Å². The Kier molecular flexibility index (Phi) is 4.55. The van der Waals surface area contributed by atoms with Crippen molar-refractivity contribution in [1.29, 1.82) is 0 Å². The van der Waals surface area contributed by atoms with Crippen LogP contribution in [0.25, 0.3) is 0 Å². The fourth-order valence-electron chi connectivity index (χ4n) is 1.53. The molecule has 0 saturated carbocycles. The average Bonchev–Trinajstić information content (AvgIpc) is 2.25. The minimum absolute atomic E-state index is 0.00157. The van der Waals surface area contributed by atoms with Crippen molar-refractivity contribution in [3.63, 3.8) is 0 Å². The number of hydrogen-bond donors (Lipinski definition) is 1. The van der Waals surface area contributed by atoms with E-state index in [9.17, 15) is 9.90 Å². The van der Waals surface area contributed by atoms with Crippen LogP contribution >= 0.6 is 0 Å². The van der Waals surface area contributed by atoms with Crippen LogP contribution in [0.2, 0.25) is 0 Å². The van der Waals surface area contributed by atoms with Crippen LogP contribution in [0, 0.1) is 12.8 Å². The van der Waals surface area contributed by atoms with Crippen LogP contribution < -0.4 is 0 Å². The summed E-state index contributed by atoms with van der Waals surface area (Å²) in [6, 6.07) is 5.53. The standard InChI is InChI=1S/C14H20O3/c1-9(2)14(16)17-8-11(4)12-6-5-10(3)7-13(12)15/h5-7,9,11,15H,8H2,1-4H3. The Morgan fingerprint density at radius 1 is 1.35 bits per heavy atom. The molecule has 0 amide bonds. The molecule has 17 heavy (non-hydrogen) atoms. The highest BCUT2D eigenvalue weighted by Crippen LogP contribution is 2.26. The zero-order valence-electron chi connectivity index (χ0n) is 10.9. The quantitative estimate of drug-likeness (QED) is 0.817. The zero-order valence-corrected chi connectivity index (χ0v) is 10.9. The summed E-state index contributed by atoms with van der Waals surface area (Å²) >= 11 is 0. The van der Waals surface area contributed by atoms with Crippen molar-refractivity contribution in [3.8, 4) is 5.75 Å². The van der Waals surface area contributed by atoms with E-state index in [-0.39, 0.29) is 23.6 Å². The largest absolute Gasteiger partial charge is 0.508 e. The maximum atomic E-state index is 11.3. The van der Waals surface area contributed by atoms with Crippen LogP contribution in [-0.2, 0) is 9.53 Å². The number of carbonyl (C=O) groups excluding carboxylic acids is 1. The molecule has 94 valence electrons. The summed E-state index contributed by atoms with van der Waals surface area (Å²) in [5.41, 5.74) is 1.82.